The smallest absolute Gasteiger partial charge is 0.416 e. The standard InChI is InChI=1S/C25H22F3N3O4S/c1-3-34-23(33)21-15(2)29-24-31(11-12-36-24)22(21)18-9-4-5-10-19(18)35-14-20(32)30-17-8-6-7-16(13-17)25(26,27)28/h4-13,22H,3,14H2,1-2H3,(H,30,32)/t22-/m0/s1. The number of anilines is 1. The van der Waals surface area contributed by atoms with Gasteiger partial charge in [0.25, 0.3) is 5.91 Å². The van der Waals surface area contributed by atoms with Gasteiger partial charge in [0, 0.05) is 17.5 Å². The van der Waals surface area contributed by atoms with Crippen LogP contribution in [0.3, 0.4) is 0 Å². The van der Waals surface area contributed by atoms with Gasteiger partial charge in [0.2, 0.25) is 0 Å². The summed E-state index contributed by atoms with van der Waals surface area (Å²) in [6.45, 7) is 3.18. The van der Waals surface area contributed by atoms with Gasteiger partial charge in [-0.1, -0.05) is 36.0 Å². The van der Waals surface area contributed by atoms with Gasteiger partial charge in [0.15, 0.2) is 11.8 Å². The molecule has 11 heteroatoms. The van der Waals surface area contributed by atoms with Crippen molar-refractivity contribution in [3.63, 3.8) is 0 Å². The fourth-order valence-electron chi connectivity index (χ4n) is 3.83. The summed E-state index contributed by atoms with van der Waals surface area (Å²) in [7, 11) is 0. The minimum absolute atomic E-state index is 0.00206. The van der Waals surface area contributed by atoms with Crippen LogP contribution in [0.25, 0.3) is 0 Å². The van der Waals surface area contributed by atoms with Gasteiger partial charge in [-0.3, -0.25) is 4.79 Å². The number of amidine groups is 1. The summed E-state index contributed by atoms with van der Waals surface area (Å²) in [6, 6.07) is 10.7. The average Bonchev–Trinajstić information content (AvgIpc) is 3.30. The Bertz CT molecular complexity index is 1270. The zero-order chi connectivity index (χ0) is 25.9. The predicted octanol–water partition coefficient (Wildman–Crippen LogP) is 5.49. The van der Waals surface area contributed by atoms with Crippen LogP contribution in [0.1, 0.15) is 31.0 Å². The van der Waals surface area contributed by atoms with Gasteiger partial charge in [0.1, 0.15) is 5.75 Å². The van der Waals surface area contributed by atoms with E-state index in [9.17, 15) is 22.8 Å². The zero-order valence-corrected chi connectivity index (χ0v) is 20.2. The third-order valence-electron chi connectivity index (χ3n) is 5.36. The first-order valence-corrected chi connectivity index (χ1v) is 11.8. The lowest BCUT2D eigenvalue weighted by Gasteiger charge is -2.34. The van der Waals surface area contributed by atoms with Crippen LogP contribution in [-0.2, 0) is 20.5 Å². The molecule has 0 aliphatic carbocycles. The van der Waals surface area contributed by atoms with Gasteiger partial charge in [-0.05, 0) is 43.5 Å². The molecule has 1 amide bonds. The number of alkyl halides is 3. The van der Waals surface area contributed by atoms with E-state index in [-0.39, 0.29) is 12.3 Å². The number of hydrogen-bond acceptors (Lipinski definition) is 7. The molecule has 2 aromatic carbocycles. The van der Waals surface area contributed by atoms with E-state index in [4.69, 9.17) is 9.47 Å². The van der Waals surface area contributed by atoms with Crippen LogP contribution in [0.15, 0.2) is 76.4 Å². The van der Waals surface area contributed by atoms with Crippen LogP contribution in [0, 0.1) is 0 Å². The summed E-state index contributed by atoms with van der Waals surface area (Å²) in [4.78, 5) is 31.7. The number of esters is 1. The van der Waals surface area contributed by atoms with Crippen LogP contribution >= 0.6 is 11.8 Å². The highest BCUT2D eigenvalue weighted by Crippen LogP contribution is 2.43. The van der Waals surface area contributed by atoms with Gasteiger partial charge in [-0.2, -0.15) is 13.2 Å². The molecular formula is C25H22F3N3O4S. The molecule has 0 fully saturated rings. The highest BCUT2D eigenvalue weighted by molar-refractivity contribution is 8.16. The second kappa shape index (κ2) is 10.5. The molecule has 0 unspecified atom stereocenters. The lowest BCUT2D eigenvalue weighted by atomic mass is 9.94. The molecule has 0 saturated carbocycles. The van der Waals surface area contributed by atoms with Crippen molar-refractivity contribution in [1.29, 1.82) is 0 Å². The van der Waals surface area contributed by atoms with Crippen molar-refractivity contribution in [2.24, 2.45) is 4.99 Å². The number of ether oxygens (including phenoxy) is 2. The SMILES string of the molecule is CCOC(=O)C1=C(C)N=C2SC=CN2[C@H]1c1ccccc1OCC(=O)Nc1cccc(C(F)(F)F)c1. The van der Waals surface area contributed by atoms with Crippen LogP contribution in [-0.4, -0.2) is 35.2 Å². The summed E-state index contributed by atoms with van der Waals surface area (Å²) >= 11 is 1.41. The molecule has 1 N–H and O–H groups in total. The number of halogens is 3. The number of hydrogen-bond donors (Lipinski definition) is 1. The first kappa shape index (κ1) is 25.4. The second-order valence-corrected chi connectivity index (χ2v) is 8.65. The van der Waals surface area contributed by atoms with Gasteiger partial charge < -0.3 is 19.7 Å². The molecule has 0 aromatic heterocycles. The largest absolute Gasteiger partial charge is 0.483 e. The number of nitrogens with zero attached hydrogens (tertiary/aromatic N) is 2. The number of rotatable bonds is 7. The number of thioether (sulfide) groups is 1. The van der Waals surface area contributed by atoms with Gasteiger partial charge in [-0.15, -0.1) is 0 Å². The number of carbonyl (C=O) groups excluding carboxylic acids is 2. The average molecular weight is 518 g/mol. The maximum Gasteiger partial charge on any atom is 0.416 e. The van der Waals surface area contributed by atoms with E-state index in [1.807, 2.05) is 10.3 Å². The lowest BCUT2D eigenvalue weighted by molar-refractivity contribution is -0.139. The summed E-state index contributed by atoms with van der Waals surface area (Å²) < 4.78 is 49.9. The number of amides is 1. The summed E-state index contributed by atoms with van der Waals surface area (Å²) in [5.74, 6) is -0.808. The monoisotopic (exact) mass is 517 g/mol. The Morgan fingerprint density at radius 2 is 1.94 bits per heavy atom. The molecule has 2 aromatic rings. The summed E-state index contributed by atoms with van der Waals surface area (Å²) in [5.41, 5.74) is 0.593. The van der Waals surface area contributed by atoms with E-state index >= 15 is 0 Å². The van der Waals surface area contributed by atoms with Gasteiger partial charge in [-0.25, -0.2) is 9.79 Å². The number of aliphatic imine (C=N–C) groups is 1. The van der Waals surface area contributed by atoms with E-state index in [0.717, 1.165) is 12.1 Å². The van der Waals surface area contributed by atoms with E-state index < -0.39 is 36.3 Å². The van der Waals surface area contributed by atoms with Crippen LogP contribution < -0.4 is 10.1 Å². The van der Waals surface area contributed by atoms with Crippen molar-refractivity contribution < 1.29 is 32.2 Å². The molecule has 188 valence electrons. The van der Waals surface area contributed by atoms with E-state index in [0.29, 0.717) is 27.8 Å². The minimum atomic E-state index is -4.52. The number of carbonyl (C=O) groups is 2. The highest BCUT2D eigenvalue weighted by atomic mass is 32.2. The van der Waals surface area contributed by atoms with Gasteiger partial charge in [0.05, 0.1) is 29.5 Å². The quantitative estimate of drug-likeness (QED) is 0.490. The fourth-order valence-corrected chi connectivity index (χ4v) is 4.62. The molecule has 2 heterocycles. The van der Waals surface area contributed by atoms with Crippen molar-refractivity contribution in [3.8, 4) is 5.75 Å². The zero-order valence-electron chi connectivity index (χ0n) is 19.3. The molecule has 36 heavy (non-hydrogen) atoms. The lowest BCUT2D eigenvalue weighted by Crippen LogP contribution is -2.34. The number of allylic oxidation sites excluding steroid dienone is 1. The Morgan fingerprint density at radius 3 is 2.69 bits per heavy atom. The minimum Gasteiger partial charge on any atom is -0.483 e. The fraction of sp³-hybridized carbons (Fsp3) is 0.240. The van der Waals surface area contributed by atoms with Crippen molar-refractivity contribution in [2.75, 3.05) is 18.5 Å². The Balaban J connectivity index is 1.56. The first-order chi connectivity index (χ1) is 17.2. The van der Waals surface area contributed by atoms with Crippen molar-refractivity contribution >= 4 is 34.5 Å². The Labute approximate surface area is 209 Å². The second-order valence-electron chi connectivity index (χ2n) is 7.78. The van der Waals surface area contributed by atoms with Gasteiger partial charge >= 0.3 is 12.1 Å². The molecule has 7 nitrogen and oxygen atoms in total. The number of benzene rings is 2. The van der Waals surface area contributed by atoms with Crippen molar-refractivity contribution in [2.45, 2.75) is 26.1 Å². The normalized spacial score (nSPS) is 17.0. The Kier molecular flexibility index (Phi) is 7.39. The maximum absolute atomic E-state index is 13.0. The third kappa shape index (κ3) is 5.40. The molecule has 0 spiro atoms. The highest BCUT2D eigenvalue weighted by Gasteiger charge is 2.39. The van der Waals surface area contributed by atoms with Crippen LogP contribution in [0.2, 0.25) is 0 Å². The van der Waals surface area contributed by atoms with Crippen molar-refractivity contribution in [1.82, 2.24) is 4.90 Å². The topological polar surface area (TPSA) is 80.2 Å². The molecular weight excluding hydrogens is 495 g/mol. The predicted molar refractivity (Wildman–Crippen MR) is 130 cm³/mol. The Hall–Kier alpha value is -3.73. The van der Waals surface area contributed by atoms with E-state index in [2.05, 4.69) is 10.3 Å². The molecule has 1 atom stereocenters. The molecule has 2 aliphatic rings. The van der Waals surface area contributed by atoms with E-state index in [1.165, 1.54) is 23.9 Å². The Morgan fingerprint density at radius 1 is 1.17 bits per heavy atom. The van der Waals surface area contributed by atoms with Crippen LogP contribution in [0.5, 0.6) is 5.75 Å². The summed E-state index contributed by atoms with van der Waals surface area (Å²) in [6.07, 6.45) is -2.72. The molecule has 0 saturated heterocycles. The third-order valence-corrected chi connectivity index (χ3v) is 6.13. The molecule has 2 aliphatic heterocycles. The van der Waals surface area contributed by atoms with Crippen molar-refractivity contribution in [3.05, 3.63) is 82.5 Å². The molecule has 4 rings (SSSR count). The molecule has 0 bridgehead atoms. The number of nitrogens with one attached hydrogen (secondary N) is 1. The number of fused-ring (bicyclic) bond motifs is 1. The summed E-state index contributed by atoms with van der Waals surface area (Å²) in [5, 5.41) is 4.95. The molecule has 0 radical (unpaired) electrons. The maximum atomic E-state index is 13.0. The van der Waals surface area contributed by atoms with E-state index in [1.54, 1.807) is 44.3 Å². The number of para-hydroxylation sites is 1. The van der Waals surface area contributed by atoms with Crippen LogP contribution in [0.4, 0.5) is 18.9 Å². The first-order valence-electron chi connectivity index (χ1n) is 11.0.